The molecule has 0 aliphatic heterocycles. The van der Waals surface area contributed by atoms with Gasteiger partial charge in [-0.1, -0.05) is 29.8 Å². The maximum Gasteiger partial charge on any atom is 0.128 e. The van der Waals surface area contributed by atoms with Crippen LogP contribution >= 0.6 is 11.6 Å². The molecule has 0 saturated carbocycles. The Balaban J connectivity index is 1.87. The average molecular weight is 286 g/mol. The van der Waals surface area contributed by atoms with E-state index in [1.807, 2.05) is 50.4 Å². The van der Waals surface area contributed by atoms with E-state index in [4.69, 9.17) is 11.6 Å². The van der Waals surface area contributed by atoms with E-state index in [1.54, 1.807) is 0 Å². The molecule has 0 spiro atoms. The van der Waals surface area contributed by atoms with Crippen LogP contribution in [-0.4, -0.2) is 9.55 Å². The predicted octanol–water partition coefficient (Wildman–Crippen LogP) is 4.15. The van der Waals surface area contributed by atoms with Gasteiger partial charge >= 0.3 is 0 Å². The topological polar surface area (TPSA) is 29.9 Å². The lowest BCUT2D eigenvalue weighted by Gasteiger charge is -2.10. The van der Waals surface area contributed by atoms with Crippen molar-refractivity contribution in [2.45, 2.75) is 13.5 Å². The van der Waals surface area contributed by atoms with Crippen LogP contribution in [0.4, 0.5) is 5.69 Å². The molecule has 0 aliphatic carbocycles. The van der Waals surface area contributed by atoms with Crippen LogP contribution in [0.3, 0.4) is 0 Å². The molecule has 0 radical (unpaired) electrons. The fraction of sp³-hybridized carbons (Fsp3) is 0.188. The van der Waals surface area contributed by atoms with Crippen LogP contribution in [-0.2, 0) is 13.6 Å². The van der Waals surface area contributed by atoms with E-state index in [1.165, 1.54) is 0 Å². The second-order valence-electron chi connectivity index (χ2n) is 4.84. The molecule has 0 fully saturated rings. The summed E-state index contributed by atoms with van der Waals surface area (Å²) in [5, 5.41) is 4.18. The summed E-state index contributed by atoms with van der Waals surface area (Å²) in [5.74, 6) is 1.01. The van der Waals surface area contributed by atoms with Crippen LogP contribution in [0, 0.1) is 6.92 Å². The number of halogens is 1. The van der Waals surface area contributed by atoms with Gasteiger partial charge in [-0.2, -0.15) is 0 Å². The van der Waals surface area contributed by atoms with Crippen LogP contribution in [0.15, 0.2) is 42.5 Å². The van der Waals surface area contributed by atoms with E-state index in [0.29, 0.717) is 6.54 Å². The summed E-state index contributed by atoms with van der Waals surface area (Å²) >= 11 is 6.13. The van der Waals surface area contributed by atoms with Gasteiger partial charge in [-0.3, -0.25) is 0 Å². The number of nitrogens with zero attached hydrogens (tertiary/aromatic N) is 2. The second-order valence-corrected chi connectivity index (χ2v) is 5.25. The second kappa shape index (κ2) is 5.17. The molecule has 1 heterocycles. The molecule has 3 aromatic rings. The first-order valence-corrected chi connectivity index (χ1v) is 6.94. The zero-order chi connectivity index (χ0) is 14.1. The molecule has 0 unspecified atom stereocenters. The summed E-state index contributed by atoms with van der Waals surface area (Å²) in [6.45, 7) is 2.69. The van der Waals surface area contributed by atoms with Crippen molar-refractivity contribution in [2.24, 2.45) is 7.05 Å². The minimum Gasteiger partial charge on any atom is -0.378 e. The molecule has 2 aromatic carbocycles. The third kappa shape index (κ3) is 2.25. The maximum absolute atomic E-state index is 6.13. The average Bonchev–Trinajstić information content (AvgIpc) is 2.78. The number of fused-ring (bicyclic) bond motifs is 1. The molecule has 0 bridgehead atoms. The lowest BCUT2D eigenvalue weighted by atomic mass is 10.2. The van der Waals surface area contributed by atoms with Gasteiger partial charge in [0.15, 0.2) is 0 Å². The fourth-order valence-corrected chi connectivity index (χ4v) is 2.50. The zero-order valence-electron chi connectivity index (χ0n) is 11.5. The fourth-order valence-electron chi connectivity index (χ4n) is 2.33. The van der Waals surface area contributed by atoms with Crippen molar-refractivity contribution < 1.29 is 0 Å². The van der Waals surface area contributed by atoms with Gasteiger partial charge < -0.3 is 9.88 Å². The van der Waals surface area contributed by atoms with Crippen molar-refractivity contribution in [1.82, 2.24) is 9.55 Å². The normalized spacial score (nSPS) is 10.9. The van der Waals surface area contributed by atoms with Crippen molar-refractivity contribution in [1.29, 1.82) is 0 Å². The smallest absolute Gasteiger partial charge is 0.128 e. The number of imidazole rings is 1. The Morgan fingerprint density at radius 1 is 1.15 bits per heavy atom. The highest BCUT2D eigenvalue weighted by atomic mass is 35.5. The first-order chi connectivity index (χ1) is 9.66. The number of rotatable bonds is 3. The van der Waals surface area contributed by atoms with E-state index < -0.39 is 0 Å². The van der Waals surface area contributed by atoms with Crippen LogP contribution in [0.2, 0.25) is 5.02 Å². The SMILES string of the molecule is Cc1c(Cl)cccc1NCc1nc2ccccc2n1C. The van der Waals surface area contributed by atoms with Crippen molar-refractivity contribution in [3.63, 3.8) is 0 Å². The number of aromatic nitrogens is 2. The van der Waals surface area contributed by atoms with E-state index >= 15 is 0 Å². The Labute approximate surface area is 123 Å². The van der Waals surface area contributed by atoms with E-state index in [-0.39, 0.29) is 0 Å². The Hall–Kier alpha value is -2.00. The first-order valence-electron chi connectivity index (χ1n) is 6.56. The number of para-hydroxylation sites is 2. The molecule has 20 heavy (non-hydrogen) atoms. The van der Waals surface area contributed by atoms with Gasteiger partial charge in [0.1, 0.15) is 5.82 Å². The molecule has 0 atom stereocenters. The highest BCUT2D eigenvalue weighted by Crippen LogP contribution is 2.23. The molecular formula is C16H16ClN3. The highest BCUT2D eigenvalue weighted by molar-refractivity contribution is 6.31. The maximum atomic E-state index is 6.13. The summed E-state index contributed by atoms with van der Waals surface area (Å²) in [6, 6.07) is 14.0. The molecule has 4 heteroatoms. The molecular weight excluding hydrogens is 270 g/mol. The Morgan fingerprint density at radius 2 is 1.95 bits per heavy atom. The quantitative estimate of drug-likeness (QED) is 0.783. The number of hydrogen-bond acceptors (Lipinski definition) is 2. The van der Waals surface area contributed by atoms with Crippen molar-refractivity contribution >= 4 is 28.3 Å². The first kappa shape index (κ1) is 13.0. The highest BCUT2D eigenvalue weighted by Gasteiger charge is 2.07. The van der Waals surface area contributed by atoms with Crippen molar-refractivity contribution in [3.05, 3.63) is 58.9 Å². The third-order valence-electron chi connectivity index (χ3n) is 3.58. The molecule has 0 saturated heterocycles. The van der Waals surface area contributed by atoms with Gasteiger partial charge in [0.05, 0.1) is 17.6 Å². The lowest BCUT2D eigenvalue weighted by molar-refractivity contribution is 0.834. The van der Waals surface area contributed by atoms with Crippen molar-refractivity contribution in [2.75, 3.05) is 5.32 Å². The number of hydrogen-bond donors (Lipinski definition) is 1. The van der Waals surface area contributed by atoms with E-state index in [2.05, 4.69) is 20.9 Å². The monoisotopic (exact) mass is 285 g/mol. The van der Waals surface area contributed by atoms with Gasteiger partial charge in [0, 0.05) is 17.8 Å². The van der Waals surface area contributed by atoms with Gasteiger partial charge in [-0.15, -0.1) is 0 Å². The predicted molar refractivity (Wildman–Crippen MR) is 84.2 cm³/mol. The summed E-state index contributed by atoms with van der Waals surface area (Å²) in [7, 11) is 2.04. The van der Waals surface area contributed by atoms with Gasteiger partial charge in [-0.25, -0.2) is 4.98 Å². The Bertz CT molecular complexity index is 762. The lowest BCUT2D eigenvalue weighted by Crippen LogP contribution is -2.06. The summed E-state index contributed by atoms with van der Waals surface area (Å²) in [5.41, 5.74) is 4.28. The molecule has 0 aliphatic rings. The summed E-state index contributed by atoms with van der Waals surface area (Å²) < 4.78 is 2.11. The number of anilines is 1. The minimum absolute atomic E-state index is 0.673. The molecule has 1 N–H and O–H groups in total. The molecule has 3 nitrogen and oxygen atoms in total. The van der Waals surface area contributed by atoms with Crippen LogP contribution < -0.4 is 5.32 Å². The summed E-state index contributed by atoms with van der Waals surface area (Å²) in [4.78, 5) is 4.65. The van der Waals surface area contributed by atoms with E-state index in [9.17, 15) is 0 Å². The van der Waals surface area contributed by atoms with Crippen LogP contribution in [0.25, 0.3) is 11.0 Å². The largest absolute Gasteiger partial charge is 0.378 e. The number of aryl methyl sites for hydroxylation is 1. The minimum atomic E-state index is 0.673. The Kier molecular flexibility index (Phi) is 3.36. The number of nitrogens with one attached hydrogen (secondary N) is 1. The van der Waals surface area contributed by atoms with Crippen molar-refractivity contribution in [3.8, 4) is 0 Å². The Morgan fingerprint density at radius 3 is 2.75 bits per heavy atom. The number of benzene rings is 2. The van der Waals surface area contributed by atoms with Gasteiger partial charge in [0.2, 0.25) is 0 Å². The molecule has 1 aromatic heterocycles. The molecule has 0 amide bonds. The third-order valence-corrected chi connectivity index (χ3v) is 3.99. The van der Waals surface area contributed by atoms with Gasteiger partial charge in [0.25, 0.3) is 0 Å². The zero-order valence-corrected chi connectivity index (χ0v) is 12.3. The van der Waals surface area contributed by atoms with Crippen LogP contribution in [0.5, 0.6) is 0 Å². The molecule has 3 rings (SSSR count). The van der Waals surface area contributed by atoms with E-state index in [0.717, 1.165) is 33.1 Å². The van der Waals surface area contributed by atoms with Gasteiger partial charge in [-0.05, 0) is 36.8 Å². The summed E-state index contributed by atoms with van der Waals surface area (Å²) in [6.07, 6.45) is 0. The van der Waals surface area contributed by atoms with Crippen LogP contribution in [0.1, 0.15) is 11.4 Å². The standard InChI is InChI=1S/C16H16ClN3/c1-11-12(17)6-5-8-13(11)18-10-16-19-14-7-3-4-9-15(14)20(16)2/h3-9,18H,10H2,1-2H3. The molecule has 102 valence electrons.